The van der Waals surface area contributed by atoms with Crippen molar-refractivity contribution < 1.29 is 17.9 Å². The number of hydrogen-bond acceptors (Lipinski definition) is 4. The number of hydrogen-bond donors (Lipinski definition) is 1. The minimum Gasteiger partial charge on any atom is -0.495 e. The van der Waals surface area contributed by atoms with Crippen LogP contribution in [0.5, 0.6) is 5.75 Å². The molecule has 0 aliphatic carbocycles. The molecule has 3 aromatic carbocycles. The Morgan fingerprint density at radius 1 is 1.00 bits per heavy atom. The van der Waals surface area contributed by atoms with Gasteiger partial charge in [-0.15, -0.1) is 0 Å². The number of methoxy groups -OCH3 is 1. The third-order valence-corrected chi connectivity index (χ3v) is 7.27. The van der Waals surface area contributed by atoms with Gasteiger partial charge < -0.3 is 10.1 Å². The Balaban J connectivity index is 1.97. The van der Waals surface area contributed by atoms with Gasteiger partial charge in [-0.2, -0.15) is 0 Å². The summed E-state index contributed by atoms with van der Waals surface area (Å²) in [5, 5.41) is 3.20. The number of nitrogens with one attached hydrogen (secondary N) is 1. The lowest BCUT2D eigenvalue weighted by Crippen LogP contribution is -2.41. The molecule has 0 aliphatic heterocycles. The Hall–Kier alpha value is -3.03. The van der Waals surface area contributed by atoms with Crippen LogP contribution in [0.4, 0.5) is 5.69 Å². The summed E-state index contributed by atoms with van der Waals surface area (Å²) in [7, 11) is -2.65. The number of sulfonamides is 1. The van der Waals surface area contributed by atoms with E-state index in [0.717, 1.165) is 21.0 Å². The summed E-state index contributed by atoms with van der Waals surface area (Å²) in [5.74, 6) is -0.171. The van der Waals surface area contributed by atoms with Gasteiger partial charge in [-0.25, -0.2) is 8.42 Å². The molecule has 8 heteroatoms. The average molecular weight is 487 g/mol. The quantitative estimate of drug-likeness (QED) is 0.484. The number of benzene rings is 3. The molecular formula is C25H27ClN2O4S. The van der Waals surface area contributed by atoms with Crippen molar-refractivity contribution in [3.8, 4) is 5.75 Å². The van der Waals surface area contributed by atoms with Gasteiger partial charge in [0, 0.05) is 5.02 Å². The lowest BCUT2D eigenvalue weighted by molar-refractivity contribution is -0.120. The lowest BCUT2D eigenvalue weighted by atomic mass is 10.1. The number of nitrogens with zero attached hydrogens (tertiary/aromatic N) is 1. The van der Waals surface area contributed by atoms with Gasteiger partial charge in [-0.1, -0.05) is 59.1 Å². The van der Waals surface area contributed by atoms with Gasteiger partial charge in [0.1, 0.15) is 12.3 Å². The molecule has 0 saturated carbocycles. The molecule has 0 fully saturated rings. The zero-order valence-corrected chi connectivity index (χ0v) is 20.6. The maximum Gasteiger partial charge on any atom is 0.264 e. The van der Waals surface area contributed by atoms with Crippen molar-refractivity contribution in [1.29, 1.82) is 0 Å². The van der Waals surface area contributed by atoms with Crippen LogP contribution >= 0.6 is 11.6 Å². The summed E-state index contributed by atoms with van der Waals surface area (Å²) in [4.78, 5) is 13.1. The summed E-state index contributed by atoms with van der Waals surface area (Å²) in [6, 6.07) is 18.6. The third kappa shape index (κ3) is 5.86. The van der Waals surface area contributed by atoms with Gasteiger partial charge in [-0.05, 0) is 56.7 Å². The molecule has 1 atom stereocenters. The van der Waals surface area contributed by atoms with E-state index in [-0.39, 0.29) is 22.4 Å². The molecule has 0 spiro atoms. The SMILES string of the molecule is COc1ccc(Cl)cc1N(CC(=O)N[C@@H](C)c1ccc(C)cc1)S(=O)(=O)c1ccc(C)cc1. The van der Waals surface area contributed by atoms with Crippen molar-refractivity contribution in [2.24, 2.45) is 0 Å². The summed E-state index contributed by atoms with van der Waals surface area (Å²) in [6.07, 6.45) is 0. The van der Waals surface area contributed by atoms with Crippen molar-refractivity contribution in [2.75, 3.05) is 18.0 Å². The largest absolute Gasteiger partial charge is 0.495 e. The number of aryl methyl sites for hydroxylation is 2. The van der Waals surface area contributed by atoms with Crippen LogP contribution in [-0.2, 0) is 14.8 Å². The zero-order valence-electron chi connectivity index (χ0n) is 19.0. The highest BCUT2D eigenvalue weighted by Gasteiger charge is 2.30. The Bertz CT molecular complexity index is 1230. The van der Waals surface area contributed by atoms with Crippen LogP contribution in [0.3, 0.4) is 0 Å². The second-order valence-electron chi connectivity index (χ2n) is 7.84. The van der Waals surface area contributed by atoms with Gasteiger partial charge in [-0.3, -0.25) is 9.10 Å². The normalized spacial score (nSPS) is 12.2. The highest BCUT2D eigenvalue weighted by Crippen LogP contribution is 2.35. The number of amides is 1. The zero-order chi connectivity index (χ0) is 24.2. The maximum atomic E-state index is 13.6. The van der Waals surface area contributed by atoms with E-state index in [0.29, 0.717) is 5.02 Å². The molecule has 0 unspecified atom stereocenters. The summed E-state index contributed by atoms with van der Waals surface area (Å²) in [6.45, 7) is 5.26. The lowest BCUT2D eigenvalue weighted by Gasteiger charge is -2.26. The van der Waals surface area contributed by atoms with E-state index in [1.807, 2.05) is 45.0 Å². The second kappa shape index (κ2) is 10.3. The highest BCUT2D eigenvalue weighted by molar-refractivity contribution is 7.92. The molecule has 33 heavy (non-hydrogen) atoms. The third-order valence-electron chi connectivity index (χ3n) is 5.26. The molecular weight excluding hydrogens is 460 g/mol. The monoisotopic (exact) mass is 486 g/mol. The fourth-order valence-electron chi connectivity index (χ4n) is 3.35. The first-order valence-electron chi connectivity index (χ1n) is 10.4. The molecule has 0 aromatic heterocycles. The van der Waals surface area contributed by atoms with Crippen LogP contribution in [0, 0.1) is 13.8 Å². The van der Waals surface area contributed by atoms with E-state index in [1.165, 1.54) is 25.3 Å². The molecule has 0 saturated heterocycles. The van der Waals surface area contributed by atoms with Crippen molar-refractivity contribution in [3.63, 3.8) is 0 Å². The maximum absolute atomic E-state index is 13.6. The van der Waals surface area contributed by atoms with Crippen LogP contribution in [0.2, 0.25) is 5.02 Å². The second-order valence-corrected chi connectivity index (χ2v) is 10.1. The van der Waals surface area contributed by atoms with Crippen LogP contribution in [0.1, 0.15) is 29.7 Å². The van der Waals surface area contributed by atoms with Crippen LogP contribution in [0.25, 0.3) is 0 Å². The Morgan fingerprint density at radius 2 is 1.58 bits per heavy atom. The van der Waals surface area contributed by atoms with E-state index in [9.17, 15) is 13.2 Å². The number of rotatable bonds is 8. The highest BCUT2D eigenvalue weighted by atomic mass is 35.5. The molecule has 1 amide bonds. The average Bonchev–Trinajstić information content (AvgIpc) is 2.78. The van der Waals surface area contributed by atoms with Crippen LogP contribution in [0.15, 0.2) is 71.6 Å². The van der Waals surface area contributed by atoms with Gasteiger partial charge in [0.15, 0.2) is 0 Å². The summed E-state index contributed by atoms with van der Waals surface area (Å²) in [5.41, 5.74) is 3.14. The molecule has 0 bridgehead atoms. The van der Waals surface area contributed by atoms with E-state index >= 15 is 0 Å². The number of anilines is 1. The van der Waals surface area contributed by atoms with Crippen LogP contribution < -0.4 is 14.4 Å². The fraction of sp³-hybridized carbons (Fsp3) is 0.240. The minimum absolute atomic E-state index is 0.0644. The van der Waals surface area contributed by atoms with Gasteiger partial charge in [0.25, 0.3) is 10.0 Å². The van der Waals surface area contributed by atoms with Crippen molar-refractivity contribution in [2.45, 2.75) is 31.7 Å². The summed E-state index contributed by atoms with van der Waals surface area (Å²) >= 11 is 6.17. The summed E-state index contributed by atoms with van der Waals surface area (Å²) < 4.78 is 33.6. The van der Waals surface area contributed by atoms with Crippen LogP contribution in [-0.4, -0.2) is 28.0 Å². The Morgan fingerprint density at radius 3 is 2.15 bits per heavy atom. The van der Waals surface area contributed by atoms with E-state index in [2.05, 4.69) is 5.32 Å². The van der Waals surface area contributed by atoms with E-state index in [1.54, 1.807) is 24.3 Å². The number of halogens is 1. The molecule has 0 aliphatic rings. The molecule has 3 rings (SSSR count). The van der Waals surface area contributed by atoms with Crippen molar-refractivity contribution >= 4 is 33.2 Å². The first-order chi connectivity index (χ1) is 15.6. The van der Waals surface area contributed by atoms with E-state index in [4.69, 9.17) is 16.3 Å². The minimum atomic E-state index is -4.09. The molecule has 0 radical (unpaired) electrons. The fourth-order valence-corrected chi connectivity index (χ4v) is 4.94. The topological polar surface area (TPSA) is 75.7 Å². The standard InChI is InChI=1S/C25H27ClN2O4S/c1-17-5-9-20(10-6-17)19(3)27-25(29)16-28(23-15-21(26)11-14-24(23)32-4)33(30,31)22-12-7-18(2)8-13-22/h5-15,19H,16H2,1-4H3,(H,27,29)/t19-/m0/s1. The Labute approximate surface area is 200 Å². The smallest absolute Gasteiger partial charge is 0.264 e. The molecule has 3 aromatic rings. The first-order valence-corrected chi connectivity index (χ1v) is 12.2. The van der Waals surface area contributed by atoms with Crippen molar-refractivity contribution in [1.82, 2.24) is 5.32 Å². The van der Waals surface area contributed by atoms with E-state index < -0.39 is 22.5 Å². The molecule has 0 heterocycles. The molecule has 174 valence electrons. The first kappa shape index (κ1) is 24.6. The Kier molecular flexibility index (Phi) is 7.66. The van der Waals surface area contributed by atoms with Gasteiger partial charge in [0.05, 0.1) is 23.7 Å². The predicted molar refractivity (Wildman–Crippen MR) is 131 cm³/mol. The van der Waals surface area contributed by atoms with Gasteiger partial charge >= 0.3 is 0 Å². The molecule has 6 nitrogen and oxygen atoms in total. The predicted octanol–water partition coefficient (Wildman–Crippen LogP) is 5.04. The molecule has 1 N–H and O–H groups in total. The number of carbonyl (C=O) groups excluding carboxylic acids is 1. The number of carbonyl (C=O) groups is 1. The number of ether oxygens (including phenoxy) is 1. The van der Waals surface area contributed by atoms with Gasteiger partial charge in [0.2, 0.25) is 5.91 Å². The van der Waals surface area contributed by atoms with Crippen molar-refractivity contribution in [3.05, 3.63) is 88.4 Å².